The molecule has 0 amide bonds. The van der Waals surface area contributed by atoms with Gasteiger partial charge in [-0.05, 0) is 12.8 Å². The maximum atomic E-state index is 6.01. The number of hydrogen-bond acceptors (Lipinski definition) is 2. The lowest BCUT2D eigenvalue weighted by atomic mass is 10.0. The zero-order valence-electron chi connectivity index (χ0n) is 8.29. The van der Waals surface area contributed by atoms with Crippen molar-refractivity contribution in [1.82, 2.24) is 9.78 Å². The average Bonchev–Trinajstić information content (AvgIpc) is 2.45. The summed E-state index contributed by atoms with van der Waals surface area (Å²) in [5.41, 5.74) is 6.96. The molecule has 1 aromatic rings. The maximum absolute atomic E-state index is 6.01. The molecule has 1 unspecified atom stereocenters. The van der Waals surface area contributed by atoms with Crippen LogP contribution in [0.2, 0.25) is 5.02 Å². The van der Waals surface area contributed by atoms with Crippen LogP contribution >= 0.6 is 11.6 Å². The Bertz CT molecular complexity index is 280. The van der Waals surface area contributed by atoms with Crippen molar-refractivity contribution in [3.63, 3.8) is 0 Å². The Balaban J connectivity index is 3.03. The van der Waals surface area contributed by atoms with Crippen molar-refractivity contribution in [2.24, 2.45) is 11.7 Å². The Morgan fingerprint density at radius 2 is 2.23 bits per heavy atom. The fraction of sp³-hybridized carbons (Fsp3) is 0.667. The van der Waals surface area contributed by atoms with Gasteiger partial charge < -0.3 is 5.73 Å². The lowest BCUT2D eigenvalue weighted by Crippen LogP contribution is -2.21. The quantitative estimate of drug-likeness (QED) is 0.815. The van der Waals surface area contributed by atoms with Crippen LogP contribution in [0.25, 0.3) is 0 Å². The Kier molecular flexibility index (Phi) is 3.33. The summed E-state index contributed by atoms with van der Waals surface area (Å²) in [6.45, 7) is 6.99. The van der Waals surface area contributed by atoms with Crippen LogP contribution in [0.5, 0.6) is 0 Å². The van der Waals surface area contributed by atoms with Gasteiger partial charge in [-0.25, -0.2) is 0 Å². The van der Waals surface area contributed by atoms with Crippen molar-refractivity contribution in [3.8, 4) is 0 Å². The van der Waals surface area contributed by atoms with Gasteiger partial charge in [0.15, 0.2) is 0 Å². The third kappa shape index (κ3) is 2.03. The number of nitrogens with two attached hydrogens (primary N) is 1. The first-order chi connectivity index (χ1) is 6.07. The minimum absolute atomic E-state index is 0.0325. The van der Waals surface area contributed by atoms with Crippen molar-refractivity contribution < 1.29 is 0 Å². The molecule has 0 bridgehead atoms. The van der Waals surface area contributed by atoms with E-state index < -0.39 is 0 Å². The van der Waals surface area contributed by atoms with Gasteiger partial charge in [0.1, 0.15) is 0 Å². The highest BCUT2D eigenvalue weighted by Crippen LogP contribution is 2.25. The van der Waals surface area contributed by atoms with Gasteiger partial charge in [-0.3, -0.25) is 4.68 Å². The van der Waals surface area contributed by atoms with E-state index in [2.05, 4.69) is 18.9 Å². The number of aryl methyl sites for hydroxylation is 1. The Morgan fingerprint density at radius 3 is 2.69 bits per heavy atom. The number of hydrogen-bond donors (Lipinski definition) is 1. The molecular formula is C9H16ClN3. The van der Waals surface area contributed by atoms with E-state index in [4.69, 9.17) is 17.3 Å². The van der Waals surface area contributed by atoms with Gasteiger partial charge in [-0.2, -0.15) is 5.10 Å². The van der Waals surface area contributed by atoms with Crippen molar-refractivity contribution in [2.45, 2.75) is 33.4 Å². The lowest BCUT2D eigenvalue weighted by Gasteiger charge is -2.17. The average molecular weight is 202 g/mol. The fourth-order valence-corrected chi connectivity index (χ4v) is 1.54. The standard InChI is InChI=1S/C9H16ClN3/c1-4-13-9(7(10)5-12-13)8(11)6(2)3/h5-6,8H,4,11H2,1-3H3. The molecule has 1 atom stereocenters. The second-order valence-corrected chi connectivity index (χ2v) is 3.87. The third-order valence-electron chi connectivity index (χ3n) is 2.17. The highest BCUT2D eigenvalue weighted by Gasteiger charge is 2.18. The molecule has 0 fully saturated rings. The number of rotatable bonds is 3. The van der Waals surface area contributed by atoms with Gasteiger partial charge in [-0.1, -0.05) is 25.4 Å². The summed E-state index contributed by atoms with van der Waals surface area (Å²) >= 11 is 6.00. The van der Waals surface area contributed by atoms with Gasteiger partial charge in [0.2, 0.25) is 0 Å². The Hall–Kier alpha value is -0.540. The van der Waals surface area contributed by atoms with Crippen LogP contribution in [-0.4, -0.2) is 9.78 Å². The van der Waals surface area contributed by atoms with Crippen molar-refractivity contribution in [3.05, 3.63) is 16.9 Å². The molecule has 0 radical (unpaired) electrons. The summed E-state index contributed by atoms with van der Waals surface area (Å²) in [5, 5.41) is 4.81. The van der Waals surface area contributed by atoms with E-state index in [1.165, 1.54) is 0 Å². The van der Waals surface area contributed by atoms with Crippen LogP contribution in [0.1, 0.15) is 32.5 Å². The van der Waals surface area contributed by atoms with Crippen LogP contribution in [0.3, 0.4) is 0 Å². The maximum Gasteiger partial charge on any atom is 0.0834 e. The summed E-state index contributed by atoms with van der Waals surface area (Å²) in [6, 6.07) is -0.0325. The lowest BCUT2D eigenvalue weighted by molar-refractivity contribution is 0.467. The first-order valence-corrected chi connectivity index (χ1v) is 4.92. The molecule has 13 heavy (non-hydrogen) atoms. The van der Waals surface area contributed by atoms with Crippen LogP contribution in [0, 0.1) is 5.92 Å². The number of nitrogens with zero attached hydrogens (tertiary/aromatic N) is 2. The Morgan fingerprint density at radius 1 is 1.62 bits per heavy atom. The monoisotopic (exact) mass is 201 g/mol. The van der Waals surface area contributed by atoms with Crippen LogP contribution in [-0.2, 0) is 6.54 Å². The molecule has 0 aliphatic carbocycles. The summed E-state index contributed by atoms with van der Waals surface area (Å²) in [5.74, 6) is 0.375. The van der Waals surface area contributed by atoms with E-state index >= 15 is 0 Å². The molecule has 2 N–H and O–H groups in total. The summed E-state index contributed by atoms with van der Waals surface area (Å²) < 4.78 is 1.85. The summed E-state index contributed by atoms with van der Waals surface area (Å²) in [7, 11) is 0. The molecule has 74 valence electrons. The van der Waals surface area contributed by atoms with E-state index in [0.29, 0.717) is 10.9 Å². The van der Waals surface area contributed by atoms with Crippen molar-refractivity contribution >= 4 is 11.6 Å². The SMILES string of the molecule is CCn1ncc(Cl)c1C(N)C(C)C. The zero-order valence-corrected chi connectivity index (χ0v) is 9.04. The van der Waals surface area contributed by atoms with Gasteiger partial charge in [0, 0.05) is 6.54 Å². The predicted octanol–water partition coefficient (Wildman–Crippen LogP) is 2.21. The smallest absolute Gasteiger partial charge is 0.0834 e. The molecule has 0 aliphatic rings. The van der Waals surface area contributed by atoms with E-state index in [9.17, 15) is 0 Å². The molecule has 0 saturated heterocycles. The summed E-state index contributed by atoms with van der Waals surface area (Å²) in [4.78, 5) is 0. The van der Waals surface area contributed by atoms with Gasteiger partial charge in [0.05, 0.1) is 23.0 Å². The third-order valence-corrected chi connectivity index (χ3v) is 2.46. The predicted molar refractivity (Wildman–Crippen MR) is 54.7 cm³/mol. The van der Waals surface area contributed by atoms with E-state index in [0.717, 1.165) is 12.2 Å². The first-order valence-electron chi connectivity index (χ1n) is 4.54. The van der Waals surface area contributed by atoms with Gasteiger partial charge in [0.25, 0.3) is 0 Å². The van der Waals surface area contributed by atoms with E-state index in [1.807, 2.05) is 11.6 Å². The van der Waals surface area contributed by atoms with E-state index in [-0.39, 0.29) is 6.04 Å². The minimum Gasteiger partial charge on any atom is -0.322 e. The Labute approximate surface area is 83.9 Å². The zero-order chi connectivity index (χ0) is 10.0. The molecule has 3 nitrogen and oxygen atoms in total. The topological polar surface area (TPSA) is 43.8 Å². The number of aromatic nitrogens is 2. The van der Waals surface area contributed by atoms with Crippen LogP contribution < -0.4 is 5.73 Å². The normalized spacial score (nSPS) is 13.7. The molecule has 0 spiro atoms. The van der Waals surface area contributed by atoms with Crippen LogP contribution in [0.4, 0.5) is 0 Å². The van der Waals surface area contributed by atoms with E-state index in [1.54, 1.807) is 6.20 Å². The molecule has 0 saturated carbocycles. The molecular weight excluding hydrogens is 186 g/mol. The van der Waals surface area contributed by atoms with Gasteiger partial charge in [-0.15, -0.1) is 0 Å². The molecule has 1 heterocycles. The molecule has 0 aliphatic heterocycles. The highest BCUT2D eigenvalue weighted by molar-refractivity contribution is 6.31. The molecule has 0 aromatic carbocycles. The van der Waals surface area contributed by atoms with Crippen molar-refractivity contribution in [2.75, 3.05) is 0 Å². The minimum atomic E-state index is -0.0325. The summed E-state index contributed by atoms with van der Waals surface area (Å²) in [6.07, 6.45) is 1.66. The molecule has 1 aromatic heterocycles. The molecule has 4 heteroatoms. The van der Waals surface area contributed by atoms with Gasteiger partial charge >= 0.3 is 0 Å². The fourth-order valence-electron chi connectivity index (χ4n) is 1.27. The van der Waals surface area contributed by atoms with Crippen molar-refractivity contribution in [1.29, 1.82) is 0 Å². The number of halogens is 1. The second kappa shape index (κ2) is 4.11. The second-order valence-electron chi connectivity index (χ2n) is 3.46. The highest BCUT2D eigenvalue weighted by atomic mass is 35.5. The molecule has 1 rings (SSSR count). The van der Waals surface area contributed by atoms with Crippen LogP contribution in [0.15, 0.2) is 6.20 Å². The first kappa shape index (κ1) is 10.5. The largest absolute Gasteiger partial charge is 0.322 e.